The molecule has 0 aliphatic rings. The quantitative estimate of drug-likeness (QED) is 0.540. The minimum Gasteiger partial charge on any atom is -0.355 e. The van der Waals surface area contributed by atoms with Gasteiger partial charge in [-0.3, -0.25) is 4.79 Å². The first-order chi connectivity index (χ1) is 13.2. The highest BCUT2D eigenvalue weighted by Gasteiger charge is 2.14. The average Bonchev–Trinajstić information content (AvgIpc) is 3.12. The number of amides is 1. The number of hydrogen-bond donors (Lipinski definition) is 2. The first-order valence-electron chi connectivity index (χ1n) is 8.56. The number of aryl methyl sites for hydroxylation is 1. The zero-order chi connectivity index (χ0) is 18.8. The molecule has 4 rings (SSSR count). The Morgan fingerprint density at radius 2 is 1.74 bits per heavy atom. The fourth-order valence-corrected chi connectivity index (χ4v) is 3.95. The molecule has 0 fully saturated rings. The summed E-state index contributed by atoms with van der Waals surface area (Å²) < 4.78 is 0. The molecule has 27 heavy (non-hydrogen) atoms. The Labute approximate surface area is 161 Å². The van der Waals surface area contributed by atoms with Crippen LogP contribution in [0.25, 0.3) is 21.3 Å². The summed E-state index contributed by atoms with van der Waals surface area (Å²) >= 11 is 1.61. The second-order valence-electron chi connectivity index (χ2n) is 6.10. The van der Waals surface area contributed by atoms with Gasteiger partial charge in [0.25, 0.3) is 5.91 Å². The van der Waals surface area contributed by atoms with Crippen molar-refractivity contribution < 1.29 is 4.79 Å². The van der Waals surface area contributed by atoms with Crippen LogP contribution >= 0.6 is 11.3 Å². The number of carbonyl (C=O) groups is 1. The zero-order valence-corrected chi connectivity index (χ0v) is 15.8. The van der Waals surface area contributed by atoms with E-state index in [9.17, 15) is 4.79 Å². The number of nitrogens with one attached hydrogen (secondary N) is 2. The fraction of sp³-hybridized carbons (Fsp3) is 0.0952. The number of anilines is 2. The molecule has 1 amide bonds. The lowest BCUT2D eigenvalue weighted by Crippen LogP contribution is -2.17. The maximum atomic E-state index is 11.7. The number of aromatic nitrogens is 2. The van der Waals surface area contributed by atoms with Gasteiger partial charge in [0.1, 0.15) is 16.5 Å². The van der Waals surface area contributed by atoms with Crippen molar-refractivity contribution in [2.24, 2.45) is 0 Å². The van der Waals surface area contributed by atoms with E-state index in [1.807, 2.05) is 37.3 Å². The van der Waals surface area contributed by atoms with E-state index in [1.165, 1.54) is 0 Å². The van der Waals surface area contributed by atoms with Crippen LogP contribution in [0.4, 0.5) is 11.5 Å². The van der Waals surface area contributed by atoms with Crippen LogP contribution in [-0.2, 0) is 0 Å². The highest BCUT2D eigenvalue weighted by Crippen LogP contribution is 2.37. The van der Waals surface area contributed by atoms with Crippen molar-refractivity contribution in [1.82, 2.24) is 15.3 Å². The van der Waals surface area contributed by atoms with E-state index < -0.39 is 0 Å². The lowest BCUT2D eigenvalue weighted by molar-refractivity contribution is 0.0963. The van der Waals surface area contributed by atoms with Crippen LogP contribution in [-0.4, -0.2) is 22.9 Å². The van der Waals surface area contributed by atoms with Gasteiger partial charge in [0.05, 0.1) is 5.39 Å². The van der Waals surface area contributed by atoms with Crippen LogP contribution in [0, 0.1) is 6.92 Å². The summed E-state index contributed by atoms with van der Waals surface area (Å²) in [6, 6.07) is 17.6. The van der Waals surface area contributed by atoms with Gasteiger partial charge in [-0.1, -0.05) is 30.3 Å². The summed E-state index contributed by atoms with van der Waals surface area (Å²) in [5, 5.41) is 9.14. The lowest BCUT2D eigenvalue weighted by Gasteiger charge is -2.10. The molecule has 0 bridgehead atoms. The van der Waals surface area contributed by atoms with E-state index in [0.29, 0.717) is 11.4 Å². The zero-order valence-electron chi connectivity index (χ0n) is 15.0. The number of benzene rings is 2. The van der Waals surface area contributed by atoms with E-state index >= 15 is 0 Å². The molecule has 2 aromatic heterocycles. The van der Waals surface area contributed by atoms with Gasteiger partial charge >= 0.3 is 0 Å². The number of fused-ring (bicyclic) bond motifs is 1. The van der Waals surface area contributed by atoms with E-state index in [0.717, 1.165) is 32.8 Å². The van der Waals surface area contributed by atoms with Crippen molar-refractivity contribution >= 4 is 39.0 Å². The van der Waals surface area contributed by atoms with Crippen LogP contribution in [0.2, 0.25) is 0 Å². The van der Waals surface area contributed by atoms with Gasteiger partial charge in [-0.25, -0.2) is 9.97 Å². The molecule has 0 atom stereocenters. The Hall–Kier alpha value is -3.25. The van der Waals surface area contributed by atoms with Gasteiger partial charge in [0.2, 0.25) is 0 Å². The minimum absolute atomic E-state index is 0.106. The molecule has 0 spiro atoms. The Morgan fingerprint density at radius 1 is 1.00 bits per heavy atom. The highest BCUT2D eigenvalue weighted by molar-refractivity contribution is 7.17. The van der Waals surface area contributed by atoms with Gasteiger partial charge in [0.15, 0.2) is 0 Å². The number of rotatable bonds is 4. The Kier molecular flexibility index (Phi) is 4.56. The molecular weight excluding hydrogens is 356 g/mol. The van der Waals surface area contributed by atoms with Gasteiger partial charge in [-0.15, -0.1) is 11.3 Å². The molecule has 2 N–H and O–H groups in total. The van der Waals surface area contributed by atoms with Crippen molar-refractivity contribution in [1.29, 1.82) is 0 Å². The molecule has 5 nitrogen and oxygen atoms in total. The normalized spacial score (nSPS) is 10.7. The van der Waals surface area contributed by atoms with E-state index in [-0.39, 0.29) is 5.91 Å². The minimum atomic E-state index is -0.106. The van der Waals surface area contributed by atoms with Crippen molar-refractivity contribution in [3.05, 3.63) is 71.4 Å². The first-order valence-corrected chi connectivity index (χ1v) is 9.44. The topological polar surface area (TPSA) is 66.9 Å². The van der Waals surface area contributed by atoms with Crippen molar-refractivity contribution in [3.63, 3.8) is 0 Å². The predicted molar refractivity (Wildman–Crippen MR) is 111 cm³/mol. The summed E-state index contributed by atoms with van der Waals surface area (Å²) in [4.78, 5) is 21.9. The van der Waals surface area contributed by atoms with Crippen LogP contribution in [0.1, 0.15) is 16.2 Å². The molecule has 0 radical (unpaired) electrons. The Morgan fingerprint density at radius 3 is 2.44 bits per heavy atom. The van der Waals surface area contributed by atoms with Crippen molar-refractivity contribution in [3.8, 4) is 11.1 Å². The summed E-state index contributed by atoms with van der Waals surface area (Å²) in [6.45, 7) is 1.89. The second-order valence-corrected chi connectivity index (χ2v) is 6.95. The SMILES string of the molecule is CNC(=O)c1ccc(Nc2nc(C)nc3scc(-c4ccccc4)c23)cc1. The first kappa shape index (κ1) is 17.2. The van der Waals surface area contributed by atoms with Crippen LogP contribution in [0.5, 0.6) is 0 Å². The fourth-order valence-electron chi connectivity index (χ4n) is 2.96. The smallest absolute Gasteiger partial charge is 0.251 e. The van der Waals surface area contributed by atoms with Gasteiger partial charge in [-0.2, -0.15) is 0 Å². The molecule has 134 valence electrons. The molecule has 0 aliphatic heterocycles. The molecule has 6 heteroatoms. The molecular formula is C21H18N4OS. The molecule has 0 saturated heterocycles. The molecule has 0 saturated carbocycles. The number of nitrogens with zero attached hydrogens (tertiary/aromatic N) is 2. The molecule has 2 aromatic carbocycles. The third kappa shape index (κ3) is 3.39. The van der Waals surface area contributed by atoms with E-state index in [1.54, 1.807) is 30.5 Å². The predicted octanol–water partition coefficient (Wildman–Crippen LogP) is 4.77. The molecule has 0 unspecified atom stereocenters. The van der Waals surface area contributed by atoms with Crippen molar-refractivity contribution in [2.45, 2.75) is 6.92 Å². The maximum absolute atomic E-state index is 11.7. The maximum Gasteiger partial charge on any atom is 0.251 e. The summed E-state index contributed by atoms with van der Waals surface area (Å²) in [5.74, 6) is 1.38. The largest absolute Gasteiger partial charge is 0.355 e. The highest BCUT2D eigenvalue weighted by atomic mass is 32.1. The standard InChI is InChI=1S/C21H18N4OS/c1-13-23-19(25-16-10-8-15(9-11-16)20(26)22-2)18-17(12-27-21(18)24-13)14-6-4-3-5-7-14/h3-12H,1-2H3,(H,22,26)(H,23,24,25). The number of thiophene rings is 1. The molecule has 2 heterocycles. The summed E-state index contributed by atoms with van der Waals surface area (Å²) in [7, 11) is 1.62. The van der Waals surface area contributed by atoms with Crippen LogP contribution < -0.4 is 10.6 Å². The molecule has 0 aliphatic carbocycles. The van der Waals surface area contributed by atoms with Crippen molar-refractivity contribution in [2.75, 3.05) is 12.4 Å². The Bertz CT molecular complexity index is 1100. The number of carbonyl (C=O) groups excluding carboxylic acids is 1. The molecule has 4 aromatic rings. The van der Waals surface area contributed by atoms with Gasteiger partial charge in [-0.05, 0) is 36.8 Å². The summed E-state index contributed by atoms with van der Waals surface area (Å²) in [6.07, 6.45) is 0. The van der Waals surface area contributed by atoms with Crippen LogP contribution in [0.15, 0.2) is 60.0 Å². The monoisotopic (exact) mass is 374 g/mol. The van der Waals surface area contributed by atoms with E-state index in [4.69, 9.17) is 0 Å². The second kappa shape index (κ2) is 7.17. The number of hydrogen-bond acceptors (Lipinski definition) is 5. The third-order valence-electron chi connectivity index (χ3n) is 4.27. The summed E-state index contributed by atoms with van der Waals surface area (Å²) in [5.41, 5.74) is 3.73. The average molecular weight is 374 g/mol. The van der Waals surface area contributed by atoms with Crippen LogP contribution in [0.3, 0.4) is 0 Å². The van der Waals surface area contributed by atoms with Gasteiger partial charge in [0, 0.05) is 29.2 Å². The van der Waals surface area contributed by atoms with Gasteiger partial charge < -0.3 is 10.6 Å². The van der Waals surface area contributed by atoms with E-state index in [2.05, 4.69) is 38.1 Å². The Balaban J connectivity index is 1.77. The lowest BCUT2D eigenvalue weighted by atomic mass is 10.1. The third-order valence-corrected chi connectivity index (χ3v) is 5.14.